The monoisotopic (exact) mass is 175 g/mol. The number of nitrogens with zero attached hydrogens (tertiary/aromatic N) is 2. The molecule has 4 nitrogen and oxygen atoms in total. The third-order valence-electron chi connectivity index (χ3n) is 1.84. The second-order valence-corrected chi connectivity index (χ2v) is 2.83. The summed E-state index contributed by atoms with van der Waals surface area (Å²) in [5.74, 6) is 0. The summed E-state index contributed by atoms with van der Waals surface area (Å²) in [5, 5.41) is 2.65. The Labute approximate surface area is 74.8 Å². The van der Waals surface area contributed by atoms with Crippen LogP contribution in [0.15, 0.2) is 35.5 Å². The molecule has 0 aromatic carbocycles. The van der Waals surface area contributed by atoms with Crippen molar-refractivity contribution in [2.75, 3.05) is 0 Å². The summed E-state index contributed by atoms with van der Waals surface area (Å²) < 4.78 is 1.64. The maximum atomic E-state index is 11.3. The van der Waals surface area contributed by atoms with E-state index in [-0.39, 0.29) is 5.56 Å². The minimum Gasteiger partial charge on any atom is -0.295 e. The van der Waals surface area contributed by atoms with Gasteiger partial charge in [-0.3, -0.25) is 19.6 Å². The molecule has 13 heavy (non-hydrogen) atoms. The van der Waals surface area contributed by atoms with Crippen molar-refractivity contribution in [1.82, 2.24) is 14.8 Å². The van der Waals surface area contributed by atoms with E-state index in [9.17, 15) is 4.79 Å². The Kier molecular flexibility index (Phi) is 1.73. The summed E-state index contributed by atoms with van der Waals surface area (Å²) >= 11 is 0. The van der Waals surface area contributed by atoms with Crippen LogP contribution >= 0.6 is 0 Å². The summed E-state index contributed by atoms with van der Waals surface area (Å²) in [6, 6.07) is 3.62. The molecular weight excluding hydrogens is 166 g/mol. The molecule has 66 valence electrons. The first-order valence-corrected chi connectivity index (χ1v) is 3.93. The lowest BCUT2D eigenvalue weighted by atomic mass is 10.1. The Balaban J connectivity index is 2.59. The van der Waals surface area contributed by atoms with E-state index < -0.39 is 0 Å². The molecule has 0 saturated carbocycles. The van der Waals surface area contributed by atoms with Crippen LogP contribution in [0.3, 0.4) is 0 Å². The fourth-order valence-electron chi connectivity index (χ4n) is 1.24. The molecule has 0 aliphatic carbocycles. The third-order valence-corrected chi connectivity index (χ3v) is 1.84. The maximum Gasteiger partial charge on any atom is 0.271 e. The highest BCUT2D eigenvalue weighted by Gasteiger charge is 2.03. The van der Waals surface area contributed by atoms with Crippen molar-refractivity contribution < 1.29 is 0 Å². The quantitative estimate of drug-likeness (QED) is 0.696. The Morgan fingerprint density at radius 3 is 2.62 bits per heavy atom. The minimum absolute atomic E-state index is 0.0753. The lowest BCUT2D eigenvalue weighted by Gasteiger charge is -1.92. The van der Waals surface area contributed by atoms with Crippen molar-refractivity contribution in [2.24, 2.45) is 7.05 Å². The van der Waals surface area contributed by atoms with Crippen LogP contribution < -0.4 is 5.56 Å². The third kappa shape index (κ3) is 1.38. The molecule has 2 rings (SSSR count). The van der Waals surface area contributed by atoms with Crippen LogP contribution in [0.2, 0.25) is 0 Å². The fourth-order valence-corrected chi connectivity index (χ4v) is 1.24. The van der Waals surface area contributed by atoms with Gasteiger partial charge < -0.3 is 0 Å². The molecule has 0 aliphatic heterocycles. The molecule has 0 aliphatic rings. The van der Waals surface area contributed by atoms with Crippen molar-refractivity contribution in [1.29, 1.82) is 0 Å². The first-order chi connectivity index (χ1) is 6.27. The van der Waals surface area contributed by atoms with Crippen LogP contribution in [0.25, 0.3) is 11.1 Å². The van der Waals surface area contributed by atoms with Crippen LogP contribution in [0.1, 0.15) is 0 Å². The molecule has 2 aromatic heterocycles. The summed E-state index contributed by atoms with van der Waals surface area (Å²) in [5.41, 5.74) is 1.48. The zero-order chi connectivity index (χ0) is 9.26. The van der Waals surface area contributed by atoms with Crippen molar-refractivity contribution in [3.05, 3.63) is 41.1 Å². The zero-order valence-corrected chi connectivity index (χ0v) is 7.19. The number of rotatable bonds is 1. The van der Waals surface area contributed by atoms with Gasteiger partial charge >= 0.3 is 0 Å². The molecule has 1 N–H and O–H groups in total. The van der Waals surface area contributed by atoms with Gasteiger partial charge in [-0.1, -0.05) is 0 Å². The highest BCUT2D eigenvalue weighted by atomic mass is 16.1. The SMILES string of the molecule is Cn1cc(-c2ccncc2)c(=O)[nH]1. The van der Waals surface area contributed by atoms with Gasteiger partial charge in [-0.2, -0.15) is 0 Å². The van der Waals surface area contributed by atoms with Crippen molar-refractivity contribution >= 4 is 0 Å². The predicted octanol–water partition coefficient (Wildman–Crippen LogP) is 0.775. The average Bonchev–Trinajstić information content (AvgIpc) is 2.47. The van der Waals surface area contributed by atoms with Gasteiger partial charge in [0.1, 0.15) is 0 Å². The number of hydrogen-bond donors (Lipinski definition) is 1. The zero-order valence-electron chi connectivity index (χ0n) is 7.19. The Hall–Kier alpha value is -1.84. The second-order valence-electron chi connectivity index (χ2n) is 2.83. The van der Waals surface area contributed by atoms with Gasteiger partial charge in [0.25, 0.3) is 5.56 Å². The summed E-state index contributed by atoms with van der Waals surface area (Å²) in [6.07, 6.45) is 5.10. The number of aromatic amines is 1. The van der Waals surface area contributed by atoms with E-state index in [1.54, 1.807) is 30.3 Å². The Bertz CT molecular complexity index is 455. The van der Waals surface area contributed by atoms with Crippen LogP contribution in [-0.2, 0) is 7.05 Å². The molecule has 0 spiro atoms. The van der Waals surface area contributed by atoms with Crippen LogP contribution in [-0.4, -0.2) is 14.8 Å². The van der Waals surface area contributed by atoms with E-state index in [1.807, 2.05) is 12.1 Å². The maximum absolute atomic E-state index is 11.3. The van der Waals surface area contributed by atoms with Crippen LogP contribution in [0.5, 0.6) is 0 Å². The van der Waals surface area contributed by atoms with E-state index in [0.717, 1.165) is 5.56 Å². The number of hydrogen-bond acceptors (Lipinski definition) is 2. The Morgan fingerprint density at radius 1 is 1.38 bits per heavy atom. The fraction of sp³-hybridized carbons (Fsp3) is 0.111. The van der Waals surface area contributed by atoms with Gasteiger partial charge in [0.05, 0.1) is 5.56 Å². The molecule has 2 heterocycles. The summed E-state index contributed by atoms with van der Waals surface area (Å²) in [4.78, 5) is 15.2. The highest BCUT2D eigenvalue weighted by Crippen LogP contribution is 2.11. The van der Waals surface area contributed by atoms with Crippen molar-refractivity contribution in [3.8, 4) is 11.1 Å². The predicted molar refractivity (Wildman–Crippen MR) is 49.3 cm³/mol. The largest absolute Gasteiger partial charge is 0.295 e. The van der Waals surface area contributed by atoms with E-state index in [0.29, 0.717) is 5.56 Å². The van der Waals surface area contributed by atoms with Gasteiger partial charge in [0, 0.05) is 25.6 Å². The number of nitrogens with one attached hydrogen (secondary N) is 1. The smallest absolute Gasteiger partial charge is 0.271 e. The van der Waals surface area contributed by atoms with E-state index in [2.05, 4.69) is 10.1 Å². The lowest BCUT2D eigenvalue weighted by Crippen LogP contribution is -2.03. The number of aryl methyl sites for hydroxylation is 1. The van der Waals surface area contributed by atoms with Gasteiger partial charge in [0.15, 0.2) is 0 Å². The minimum atomic E-state index is -0.0753. The second kappa shape index (κ2) is 2.90. The highest BCUT2D eigenvalue weighted by molar-refractivity contribution is 5.60. The van der Waals surface area contributed by atoms with E-state index in [1.165, 1.54) is 0 Å². The molecule has 2 aromatic rings. The first kappa shape index (κ1) is 7.79. The molecule has 0 radical (unpaired) electrons. The van der Waals surface area contributed by atoms with Crippen molar-refractivity contribution in [2.45, 2.75) is 0 Å². The summed E-state index contributed by atoms with van der Waals surface area (Å²) in [7, 11) is 1.78. The first-order valence-electron chi connectivity index (χ1n) is 3.93. The molecule has 0 bridgehead atoms. The molecule has 0 saturated heterocycles. The van der Waals surface area contributed by atoms with Crippen molar-refractivity contribution in [3.63, 3.8) is 0 Å². The van der Waals surface area contributed by atoms with E-state index >= 15 is 0 Å². The van der Waals surface area contributed by atoms with Gasteiger partial charge in [-0.15, -0.1) is 0 Å². The number of aromatic nitrogens is 3. The van der Waals surface area contributed by atoms with Gasteiger partial charge in [-0.25, -0.2) is 0 Å². The Morgan fingerprint density at radius 2 is 2.08 bits per heavy atom. The summed E-state index contributed by atoms with van der Waals surface area (Å²) in [6.45, 7) is 0. The average molecular weight is 175 g/mol. The van der Waals surface area contributed by atoms with Crippen LogP contribution in [0.4, 0.5) is 0 Å². The van der Waals surface area contributed by atoms with E-state index in [4.69, 9.17) is 0 Å². The number of H-pyrrole nitrogens is 1. The molecule has 4 heteroatoms. The lowest BCUT2D eigenvalue weighted by molar-refractivity contribution is 0.756. The van der Waals surface area contributed by atoms with Gasteiger partial charge in [-0.05, 0) is 17.7 Å². The molecular formula is C9H9N3O. The molecule has 0 atom stereocenters. The van der Waals surface area contributed by atoms with Gasteiger partial charge in [0.2, 0.25) is 0 Å². The normalized spacial score (nSPS) is 10.2. The molecule has 0 amide bonds. The number of pyridine rings is 1. The van der Waals surface area contributed by atoms with Crippen LogP contribution in [0, 0.1) is 0 Å². The standard InChI is InChI=1S/C9H9N3O/c1-12-6-8(9(13)11-12)7-2-4-10-5-3-7/h2-6H,1H3,(H,11,13). The molecule has 0 fully saturated rings. The topological polar surface area (TPSA) is 50.7 Å². The molecule has 0 unspecified atom stereocenters.